The van der Waals surface area contributed by atoms with E-state index >= 15 is 0 Å². The summed E-state index contributed by atoms with van der Waals surface area (Å²) in [6.07, 6.45) is 5.91. The second-order valence-electron chi connectivity index (χ2n) is 7.61. The van der Waals surface area contributed by atoms with Crippen molar-refractivity contribution in [3.05, 3.63) is 77.0 Å². The number of phenolic OH excluding ortho intramolecular Hbond substituents is 1. The molecule has 2 aromatic carbocycles. The minimum atomic E-state index is -0.817. The molecule has 0 aliphatic carbocycles. The van der Waals surface area contributed by atoms with Gasteiger partial charge in [0.25, 0.3) is 0 Å². The molecule has 6 nitrogen and oxygen atoms in total. The van der Waals surface area contributed by atoms with Gasteiger partial charge in [0.15, 0.2) is 6.29 Å². The number of aliphatic carboxylic acids is 1. The van der Waals surface area contributed by atoms with Crippen LogP contribution in [0.1, 0.15) is 42.8 Å². The molecular formula is C24H24ClNO5. The van der Waals surface area contributed by atoms with E-state index in [2.05, 4.69) is 4.98 Å². The number of hydrogen-bond acceptors (Lipinski definition) is 4. The van der Waals surface area contributed by atoms with E-state index in [9.17, 15) is 9.90 Å². The number of carboxylic acid groups (broad SMARTS) is 1. The number of hydrogen-bond donors (Lipinski definition) is 3. The summed E-state index contributed by atoms with van der Waals surface area (Å²) in [6.45, 7) is 0.431. The first-order valence-corrected chi connectivity index (χ1v) is 10.6. The Hall–Kier alpha value is -2.80. The number of phenols is 1. The number of halogens is 1. The molecule has 0 amide bonds. The van der Waals surface area contributed by atoms with E-state index in [1.54, 1.807) is 12.1 Å². The molecule has 31 heavy (non-hydrogen) atoms. The highest BCUT2D eigenvalue weighted by Crippen LogP contribution is 2.43. The molecule has 1 fully saturated rings. The van der Waals surface area contributed by atoms with Crippen LogP contribution in [0.5, 0.6) is 5.75 Å². The number of ether oxygens (including phenoxy) is 2. The van der Waals surface area contributed by atoms with Gasteiger partial charge in [-0.15, -0.1) is 0 Å². The Labute approximate surface area is 185 Å². The van der Waals surface area contributed by atoms with Crippen molar-refractivity contribution in [1.29, 1.82) is 0 Å². The Morgan fingerprint density at radius 2 is 2.03 bits per heavy atom. The average Bonchev–Trinajstić information content (AvgIpc) is 3.17. The van der Waals surface area contributed by atoms with Crippen molar-refractivity contribution in [2.75, 3.05) is 6.61 Å². The van der Waals surface area contributed by atoms with Crippen LogP contribution in [-0.4, -0.2) is 27.8 Å². The molecular weight excluding hydrogens is 418 g/mol. The van der Waals surface area contributed by atoms with Gasteiger partial charge in [0.05, 0.1) is 12.7 Å². The quantitative estimate of drug-likeness (QED) is 0.406. The molecule has 1 aliphatic heterocycles. The molecule has 162 valence electrons. The van der Waals surface area contributed by atoms with Crippen LogP contribution in [0.25, 0.3) is 10.9 Å². The van der Waals surface area contributed by atoms with Crippen molar-refractivity contribution < 1.29 is 24.5 Å². The number of aromatic amines is 1. The van der Waals surface area contributed by atoms with Gasteiger partial charge in [-0.1, -0.05) is 42.0 Å². The number of aromatic nitrogens is 1. The van der Waals surface area contributed by atoms with Crippen LogP contribution in [0.3, 0.4) is 0 Å². The normalized spacial score (nSPS) is 21.6. The maximum atomic E-state index is 10.7. The van der Waals surface area contributed by atoms with Crippen molar-refractivity contribution in [2.24, 2.45) is 5.92 Å². The number of aromatic hydroxyl groups is 1. The molecule has 0 radical (unpaired) electrons. The Morgan fingerprint density at radius 3 is 2.84 bits per heavy atom. The molecule has 3 atom stereocenters. The van der Waals surface area contributed by atoms with Crippen LogP contribution in [-0.2, 0) is 14.3 Å². The summed E-state index contributed by atoms with van der Waals surface area (Å²) in [5.41, 5.74) is 2.50. The summed E-state index contributed by atoms with van der Waals surface area (Å²) in [7, 11) is 0. The molecule has 0 unspecified atom stereocenters. The number of nitrogens with one attached hydrogen (secondary N) is 1. The molecule has 1 aliphatic rings. The molecule has 1 saturated heterocycles. The zero-order valence-corrected chi connectivity index (χ0v) is 17.6. The van der Waals surface area contributed by atoms with E-state index in [-0.39, 0.29) is 24.2 Å². The summed E-state index contributed by atoms with van der Waals surface area (Å²) in [5.74, 6) is -0.669. The molecule has 1 aromatic heterocycles. The van der Waals surface area contributed by atoms with Gasteiger partial charge in [-0.05, 0) is 37.1 Å². The number of rotatable bonds is 7. The molecule has 7 heteroatoms. The van der Waals surface area contributed by atoms with E-state index in [1.807, 2.05) is 48.7 Å². The molecule has 0 saturated carbocycles. The molecule has 4 rings (SSSR count). The van der Waals surface area contributed by atoms with Gasteiger partial charge < -0.3 is 24.7 Å². The fraction of sp³-hybridized carbons (Fsp3) is 0.292. The SMILES string of the molecule is O=C(O)CC/C=C\C[C@@H]1CO[C@H](c2c[nH]c3ccc(Cl)cc23)O[C@@H]1c1ccccc1O. The third-order valence-electron chi connectivity index (χ3n) is 5.46. The lowest BCUT2D eigenvalue weighted by Gasteiger charge is -2.36. The third kappa shape index (κ3) is 4.93. The highest BCUT2D eigenvalue weighted by Gasteiger charge is 2.35. The first kappa shape index (κ1) is 21.4. The van der Waals surface area contributed by atoms with Crippen LogP contribution in [0, 0.1) is 5.92 Å². The molecule has 0 spiro atoms. The van der Waals surface area contributed by atoms with Crippen molar-refractivity contribution >= 4 is 28.5 Å². The monoisotopic (exact) mass is 441 g/mol. The molecule has 0 bridgehead atoms. The van der Waals surface area contributed by atoms with Crippen molar-refractivity contribution in [1.82, 2.24) is 4.98 Å². The van der Waals surface area contributed by atoms with Crippen LogP contribution in [0.4, 0.5) is 0 Å². The van der Waals surface area contributed by atoms with Crippen molar-refractivity contribution in [2.45, 2.75) is 31.7 Å². The summed E-state index contributed by atoms with van der Waals surface area (Å²) in [4.78, 5) is 13.9. The predicted molar refractivity (Wildman–Crippen MR) is 118 cm³/mol. The smallest absolute Gasteiger partial charge is 0.303 e. The molecule has 3 N–H and O–H groups in total. The maximum Gasteiger partial charge on any atom is 0.303 e. The van der Waals surface area contributed by atoms with Gasteiger partial charge in [-0.25, -0.2) is 0 Å². The van der Waals surface area contributed by atoms with Gasteiger partial charge in [0, 0.05) is 45.6 Å². The second-order valence-corrected chi connectivity index (χ2v) is 8.05. The Balaban J connectivity index is 1.57. The number of H-pyrrole nitrogens is 1. The van der Waals surface area contributed by atoms with E-state index in [4.69, 9.17) is 26.2 Å². The summed E-state index contributed by atoms with van der Waals surface area (Å²) >= 11 is 6.18. The Bertz CT molecular complexity index is 1090. The number of fused-ring (bicyclic) bond motifs is 1. The lowest BCUT2D eigenvalue weighted by Crippen LogP contribution is -2.30. The molecule has 2 heterocycles. The van der Waals surface area contributed by atoms with Crippen LogP contribution in [0.15, 0.2) is 60.8 Å². The van der Waals surface area contributed by atoms with Crippen LogP contribution < -0.4 is 0 Å². The van der Waals surface area contributed by atoms with E-state index in [0.29, 0.717) is 30.0 Å². The fourth-order valence-electron chi connectivity index (χ4n) is 3.90. The van der Waals surface area contributed by atoms with Crippen LogP contribution >= 0.6 is 11.6 Å². The standard InChI is InChI=1S/C24H24ClNO5/c25-16-10-11-20-18(12-16)19(13-26-20)24-30-14-15(6-2-1-3-9-22(28)29)23(31-24)17-7-4-5-8-21(17)27/h1-2,4-5,7-8,10-13,15,23-24,26-27H,3,6,9,14H2,(H,28,29)/b2-1-/t15-,23+,24+/m1/s1. The first-order valence-electron chi connectivity index (χ1n) is 10.2. The highest BCUT2D eigenvalue weighted by molar-refractivity contribution is 6.31. The largest absolute Gasteiger partial charge is 0.508 e. The number of para-hydroxylation sites is 1. The summed E-state index contributed by atoms with van der Waals surface area (Å²) < 4.78 is 12.5. The average molecular weight is 442 g/mol. The van der Waals surface area contributed by atoms with Gasteiger partial charge in [-0.2, -0.15) is 0 Å². The number of carboxylic acids is 1. The Morgan fingerprint density at radius 1 is 1.19 bits per heavy atom. The lowest BCUT2D eigenvalue weighted by atomic mass is 9.91. The van der Waals surface area contributed by atoms with E-state index in [0.717, 1.165) is 16.5 Å². The van der Waals surface area contributed by atoms with Gasteiger partial charge >= 0.3 is 5.97 Å². The second kappa shape index (κ2) is 9.56. The van der Waals surface area contributed by atoms with Gasteiger partial charge in [0.1, 0.15) is 5.75 Å². The minimum absolute atomic E-state index is 0.0283. The number of carbonyl (C=O) groups is 1. The summed E-state index contributed by atoms with van der Waals surface area (Å²) in [6, 6.07) is 12.8. The van der Waals surface area contributed by atoms with E-state index < -0.39 is 12.3 Å². The first-order chi connectivity index (χ1) is 15.0. The topological polar surface area (TPSA) is 91.8 Å². The number of allylic oxidation sites excluding steroid dienone is 2. The predicted octanol–water partition coefficient (Wildman–Crippen LogP) is 5.74. The van der Waals surface area contributed by atoms with Gasteiger partial charge in [0.2, 0.25) is 0 Å². The van der Waals surface area contributed by atoms with Crippen molar-refractivity contribution in [3.63, 3.8) is 0 Å². The van der Waals surface area contributed by atoms with Gasteiger partial charge in [-0.3, -0.25) is 4.79 Å². The van der Waals surface area contributed by atoms with Crippen molar-refractivity contribution in [3.8, 4) is 5.75 Å². The lowest BCUT2D eigenvalue weighted by molar-refractivity contribution is -0.243. The highest BCUT2D eigenvalue weighted by atomic mass is 35.5. The zero-order chi connectivity index (χ0) is 21.8. The third-order valence-corrected chi connectivity index (χ3v) is 5.70. The Kier molecular flexibility index (Phi) is 6.61. The zero-order valence-electron chi connectivity index (χ0n) is 16.8. The molecule has 3 aromatic rings. The summed E-state index contributed by atoms with van der Waals surface area (Å²) in [5, 5.41) is 20.8. The fourth-order valence-corrected chi connectivity index (χ4v) is 4.07. The maximum absolute atomic E-state index is 10.7. The number of benzene rings is 2. The van der Waals surface area contributed by atoms with E-state index in [1.165, 1.54) is 0 Å². The van der Waals surface area contributed by atoms with Crippen LogP contribution in [0.2, 0.25) is 5.02 Å². The minimum Gasteiger partial charge on any atom is -0.508 e.